The van der Waals surface area contributed by atoms with Crippen molar-refractivity contribution in [3.63, 3.8) is 0 Å². The number of halogens is 1. The molecule has 4 nitrogen and oxygen atoms in total. The molecule has 150 valence electrons. The summed E-state index contributed by atoms with van der Waals surface area (Å²) in [7, 11) is 0. The summed E-state index contributed by atoms with van der Waals surface area (Å²) in [5.74, 6) is -0.276. The van der Waals surface area contributed by atoms with Gasteiger partial charge in [-0.25, -0.2) is 4.39 Å². The summed E-state index contributed by atoms with van der Waals surface area (Å²) in [6.45, 7) is 0.829. The van der Waals surface area contributed by atoms with Gasteiger partial charge >= 0.3 is 0 Å². The number of carbonyl (C=O) groups is 1. The Balaban J connectivity index is 1.56. The molecular formula is C25H21FN2O2. The van der Waals surface area contributed by atoms with Crippen molar-refractivity contribution in [1.82, 2.24) is 9.47 Å². The van der Waals surface area contributed by atoms with E-state index in [4.69, 9.17) is 0 Å². The Bertz CT molecular complexity index is 1250. The molecule has 0 N–H and O–H groups in total. The van der Waals surface area contributed by atoms with E-state index in [-0.39, 0.29) is 29.7 Å². The zero-order valence-electron chi connectivity index (χ0n) is 16.4. The first-order valence-electron chi connectivity index (χ1n) is 10.2. The van der Waals surface area contributed by atoms with Gasteiger partial charge < -0.3 is 9.47 Å². The lowest BCUT2D eigenvalue weighted by Gasteiger charge is -2.26. The van der Waals surface area contributed by atoms with E-state index in [9.17, 15) is 14.0 Å². The minimum Gasteiger partial charge on any atom is -0.334 e. The number of amides is 1. The molecular weight excluding hydrogens is 379 g/mol. The standard InChI is InChI=1S/C25H21FN2O2/c26-18-13-11-17(12-14-18)21-10-5-15-27(21)24(29)16-28-22-8-3-1-6-19(22)25(30)20-7-2-4-9-23(20)28/h1-4,6-9,11-14,21H,5,10,15-16H2/t21-/m0/s1. The largest absolute Gasteiger partial charge is 0.334 e. The number of pyridine rings is 1. The number of benzene rings is 3. The molecule has 30 heavy (non-hydrogen) atoms. The van der Waals surface area contributed by atoms with Crippen LogP contribution in [0.2, 0.25) is 0 Å². The molecule has 1 saturated heterocycles. The summed E-state index contributed by atoms with van der Waals surface area (Å²) in [5.41, 5.74) is 2.45. The van der Waals surface area contributed by atoms with E-state index < -0.39 is 0 Å². The van der Waals surface area contributed by atoms with Crippen LogP contribution in [0.5, 0.6) is 0 Å². The molecule has 2 heterocycles. The molecule has 1 aromatic heterocycles. The van der Waals surface area contributed by atoms with E-state index in [1.807, 2.05) is 58.0 Å². The molecule has 1 aliphatic heterocycles. The molecule has 0 bridgehead atoms. The van der Waals surface area contributed by atoms with E-state index in [2.05, 4.69) is 0 Å². The Kier molecular flexibility index (Phi) is 4.58. The number of likely N-dealkylation sites (tertiary alicyclic amines) is 1. The van der Waals surface area contributed by atoms with E-state index in [1.54, 1.807) is 12.1 Å². The van der Waals surface area contributed by atoms with Crippen molar-refractivity contribution in [2.75, 3.05) is 6.54 Å². The quantitative estimate of drug-likeness (QED) is 0.470. The number of nitrogens with zero attached hydrogens (tertiary/aromatic N) is 2. The van der Waals surface area contributed by atoms with Crippen molar-refractivity contribution in [2.45, 2.75) is 25.4 Å². The van der Waals surface area contributed by atoms with Gasteiger partial charge in [0.25, 0.3) is 0 Å². The molecule has 5 heteroatoms. The van der Waals surface area contributed by atoms with Crippen molar-refractivity contribution in [1.29, 1.82) is 0 Å². The van der Waals surface area contributed by atoms with E-state index in [0.29, 0.717) is 17.3 Å². The first kappa shape index (κ1) is 18.6. The van der Waals surface area contributed by atoms with Crippen LogP contribution >= 0.6 is 0 Å². The maximum absolute atomic E-state index is 13.4. The van der Waals surface area contributed by atoms with Gasteiger partial charge in [-0.3, -0.25) is 9.59 Å². The topological polar surface area (TPSA) is 42.3 Å². The predicted octanol–water partition coefficient (Wildman–Crippen LogP) is 4.66. The lowest BCUT2D eigenvalue weighted by molar-refractivity contribution is -0.132. The molecule has 0 aliphatic carbocycles. The maximum atomic E-state index is 13.4. The van der Waals surface area contributed by atoms with Crippen molar-refractivity contribution in [3.05, 3.63) is 94.4 Å². The summed E-state index contributed by atoms with van der Waals surface area (Å²) in [6.07, 6.45) is 1.78. The minimum absolute atomic E-state index is 0.000722. The normalized spacial score (nSPS) is 16.4. The number of fused-ring (bicyclic) bond motifs is 2. The van der Waals surface area contributed by atoms with Crippen LogP contribution in [0.3, 0.4) is 0 Å². The molecule has 4 aromatic rings. The summed E-state index contributed by atoms with van der Waals surface area (Å²) in [5, 5.41) is 1.22. The second-order valence-electron chi connectivity index (χ2n) is 7.75. The summed E-state index contributed by atoms with van der Waals surface area (Å²) >= 11 is 0. The average molecular weight is 400 g/mol. The van der Waals surface area contributed by atoms with Gasteiger partial charge in [-0.05, 0) is 54.8 Å². The zero-order valence-corrected chi connectivity index (χ0v) is 16.4. The Morgan fingerprint density at radius 2 is 1.50 bits per heavy atom. The molecule has 1 atom stereocenters. The van der Waals surface area contributed by atoms with Crippen LogP contribution in [0.15, 0.2) is 77.6 Å². The number of aromatic nitrogens is 1. The maximum Gasteiger partial charge on any atom is 0.243 e. The highest BCUT2D eigenvalue weighted by Crippen LogP contribution is 2.32. The molecule has 0 unspecified atom stereocenters. The van der Waals surface area contributed by atoms with Crippen LogP contribution in [-0.4, -0.2) is 21.9 Å². The third-order valence-corrected chi connectivity index (χ3v) is 6.00. The number of hydrogen-bond acceptors (Lipinski definition) is 2. The van der Waals surface area contributed by atoms with E-state index >= 15 is 0 Å². The van der Waals surface area contributed by atoms with Gasteiger partial charge in [0.1, 0.15) is 12.4 Å². The Hall–Kier alpha value is -3.47. The summed E-state index contributed by atoms with van der Waals surface area (Å²) in [6, 6.07) is 21.2. The number of carbonyl (C=O) groups excluding carboxylic acids is 1. The highest BCUT2D eigenvalue weighted by atomic mass is 19.1. The van der Waals surface area contributed by atoms with Gasteiger partial charge in [-0.15, -0.1) is 0 Å². The highest BCUT2D eigenvalue weighted by Gasteiger charge is 2.30. The van der Waals surface area contributed by atoms with Gasteiger partial charge in [-0.1, -0.05) is 36.4 Å². The minimum atomic E-state index is -0.277. The number of para-hydroxylation sites is 2. The third kappa shape index (κ3) is 3.07. The van der Waals surface area contributed by atoms with Crippen LogP contribution in [0.25, 0.3) is 21.8 Å². The molecule has 5 rings (SSSR count). The van der Waals surface area contributed by atoms with E-state index in [1.165, 1.54) is 12.1 Å². The second-order valence-corrected chi connectivity index (χ2v) is 7.75. The van der Waals surface area contributed by atoms with Crippen LogP contribution < -0.4 is 5.43 Å². The first-order valence-corrected chi connectivity index (χ1v) is 10.2. The smallest absolute Gasteiger partial charge is 0.243 e. The average Bonchev–Trinajstić information content (AvgIpc) is 3.27. The first-order chi connectivity index (χ1) is 14.6. The fourth-order valence-corrected chi connectivity index (χ4v) is 4.57. The van der Waals surface area contributed by atoms with Gasteiger partial charge in [0.15, 0.2) is 5.43 Å². The van der Waals surface area contributed by atoms with Crippen molar-refractivity contribution in [2.24, 2.45) is 0 Å². The monoisotopic (exact) mass is 400 g/mol. The molecule has 1 fully saturated rings. The Morgan fingerprint density at radius 3 is 2.13 bits per heavy atom. The number of rotatable bonds is 3. The Morgan fingerprint density at radius 1 is 0.900 bits per heavy atom. The number of hydrogen-bond donors (Lipinski definition) is 0. The summed E-state index contributed by atoms with van der Waals surface area (Å²) in [4.78, 5) is 28.2. The van der Waals surface area contributed by atoms with Crippen molar-refractivity contribution < 1.29 is 9.18 Å². The molecule has 1 aliphatic rings. The highest BCUT2D eigenvalue weighted by molar-refractivity contribution is 5.94. The van der Waals surface area contributed by atoms with Crippen LogP contribution in [0.4, 0.5) is 4.39 Å². The van der Waals surface area contributed by atoms with Crippen LogP contribution in [0.1, 0.15) is 24.4 Å². The fraction of sp³-hybridized carbons (Fsp3) is 0.200. The van der Waals surface area contributed by atoms with Crippen LogP contribution in [0, 0.1) is 5.82 Å². The second kappa shape index (κ2) is 7.41. The Labute approximate surface area is 173 Å². The molecule has 0 radical (unpaired) electrons. The fourth-order valence-electron chi connectivity index (χ4n) is 4.57. The lowest BCUT2D eigenvalue weighted by atomic mass is 10.0. The zero-order chi connectivity index (χ0) is 20.7. The van der Waals surface area contributed by atoms with Gasteiger partial charge in [0.2, 0.25) is 5.91 Å². The van der Waals surface area contributed by atoms with Gasteiger partial charge in [0.05, 0.1) is 17.1 Å². The molecule has 3 aromatic carbocycles. The third-order valence-electron chi connectivity index (χ3n) is 6.00. The van der Waals surface area contributed by atoms with Gasteiger partial charge in [-0.2, -0.15) is 0 Å². The predicted molar refractivity (Wildman–Crippen MR) is 116 cm³/mol. The molecule has 0 spiro atoms. The van der Waals surface area contributed by atoms with E-state index in [0.717, 1.165) is 29.4 Å². The molecule has 0 saturated carbocycles. The summed E-state index contributed by atoms with van der Waals surface area (Å²) < 4.78 is 15.3. The molecule has 1 amide bonds. The SMILES string of the molecule is O=C(Cn1c2ccccc2c(=O)c2ccccc21)N1CCC[C@H]1c1ccc(F)cc1. The van der Waals surface area contributed by atoms with Gasteiger partial charge in [0, 0.05) is 17.3 Å². The van der Waals surface area contributed by atoms with Crippen molar-refractivity contribution >= 4 is 27.7 Å². The van der Waals surface area contributed by atoms with Crippen molar-refractivity contribution in [3.8, 4) is 0 Å². The lowest BCUT2D eigenvalue weighted by Crippen LogP contribution is -2.34. The van der Waals surface area contributed by atoms with Crippen LogP contribution in [-0.2, 0) is 11.3 Å².